The van der Waals surface area contributed by atoms with Crippen molar-refractivity contribution in [1.29, 1.82) is 0 Å². The number of carbonyl (C=O) groups is 1. The normalized spacial score (nSPS) is 10.2. The number of carboxylic acid groups (broad SMARTS) is 1. The van der Waals surface area contributed by atoms with E-state index in [0.717, 1.165) is 0 Å². The van der Waals surface area contributed by atoms with Gasteiger partial charge in [-0.15, -0.1) is 0 Å². The Balaban J connectivity index is 0.000000690. The van der Waals surface area contributed by atoms with Gasteiger partial charge in [-0.25, -0.2) is 4.79 Å². The fourth-order valence-corrected chi connectivity index (χ4v) is 1.05. The van der Waals surface area contributed by atoms with Crippen molar-refractivity contribution in [2.45, 2.75) is 0 Å². The minimum absolute atomic E-state index is 0.562. The molecule has 0 aromatic heterocycles. The summed E-state index contributed by atoms with van der Waals surface area (Å²) in [5.74, 6) is -1.51. The number of anilines is 1. The van der Waals surface area contributed by atoms with E-state index in [2.05, 4.69) is 0 Å². The van der Waals surface area contributed by atoms with E-state index in [1.165, 1.54) is 0 Å². The number of benzene rings is 1. The van der Waals surface area contributed by atoms with Gasteiger partial charge in [-0.3, -0.25) is 29.3 Å². The molecule has 0 spiro atoms. The third-order valence-electron chi connectivity index (χ3n) is 1.78. The Bertz CT molecular complexity index is 654. The number of aromatic carboxylic acids is 1. The summed E-state index contributed by atoms with van der Waals surface area (Å²) in [5, 5.41) is 29.6. The number of carboxylic acids is 1. The second-order valence-electron chi connectivity index (χ2n) is 3.20. The predicted octanol–water partition coefficient (Wildman–Crippen LogP) is 0.131. The lowest BCUT2D eigenvalue weighted by atomic mass is 10.1. The van der Waals surface area contributed by atoms with E-state index in [0.29, 0.717) is 12.1 Å². The van der Waals surface area contributed by atoms with Gasteiger partial charge in [0.1, 0.15) is 0 Å². The first kappa shape index (κ1) is 18.2. The Morgan fingerprint density at radius 3 is 1.57 bits per heavy atom. The van der Waals surface area contributed by atoms with Crippen LogP contribution >= 0.6 is 0 Å². The summed E-state index contributed by atoms with van der Waals surface area (Å²) in [7, 11) is -4.67. The number of nitrogen functional groups attached to an aromatic ring is 1. The molecule has 21 heavy (non-hydrogen) atoms. The Kier molecular flexibility index (Phi) is 5.66. The van der Waals surface area contributed by atoms with Crippen LogP contribution in [-0.2, 0) is 10.4 Å². The molecule has 13 nitrogen and oxygen atoms in total. The third kappa shape index (κ3) is 6.23. The molecule has 5 N–H and O–H groups in total. The Morgan fingerprint density at radius 1 is 1.10 bits per heavy atom. The number of hydrogen-bond donors (Lipinski definition) is 4. The molecular formula is C7H7N3O10S. The van der Waals surface area contributed by atoms with Crippen LogP contribution in [0.4, 0.5) is 17.1 Å². The molecule has 14 heteroatoms. The van der Waals surface area contributed by atoms with Gasteiger partial charge in [-0.05, 0) is 0 Å². The lowest BCUT2D eigenvalue weighted by Gasteiger charge is -2.00. The average molecular weight is 325 g/mol. The van der Waals surface area contributed by atoms with E-state index in [1.807, 2.05) is 0 Å². The SMILES string of the molecule is Nc1c([N+](=O)[O-])cc(C(=O)O)cc1[N+](=O)[O-].O=S(=O)(O)O. The lowest BCUT2D eigenvalue weighted by Crippen LogP contribution is -2.05. The zero-order valence-electron chi connectivity index (χ0n) is 9.73. The number of nitrogens with two attached hydrogens (primary N) is 1. The monoisotopic (exact) mass is 325 g/mol. The summed E-state index contributed by atoms with van der Waals surface area (Å²) in [4.78, 5) is 29.6. The van der Waals surface area contributed by atoms with Crippen LogP contribution in [0, 0.1) is 20.2 Å². The van der Waals surface area contributed by atoms with Crippen molar-refractivity contribution in [1.82, 2.24) is 0 Å². The maximum Gasteiger partial charge on any atom is 0.394 e. The van der Waals surface area contributed by atoms with Gasteiger partial charge in [0.2, 0.25) is 0 Å². The molecule has 0 radical (unpaired) electrons. The Hall–Kier alpha value is -2.84. The van der Waals surface area contributed by atoms with Crippen molar-refractivity contribution in [2.24, 2.45) is 0 Å². The van der Waals surface area contributed by atoms with E-state index in [9.17, 15) is 25.0 Å². The van der Waals surface area contributed by atoms with Crippen molar-refractivity contribution < 1.29 is 37.3 Å². The van der Waals surface area contributed by atoms with Crippen molar-refractivity contribution in [3.05, 3.63) is 37.9 Å². The van der Waals surface area contributed by atoms with Crippen LogP contribution in [0.15, 0.2) is 12.1 Å². The molecule has 1 aromatic rings. The standard InChI is InChI=1S/C7H5N3O6.H2O4S/c8-6-4(9(13)14)1-3(7(11)12)2-5(6)10(15)16;1-5(2,3)4/h1-2H,8H2,(H,11,12);(H2,1,2,3,4). The van der Waals surface area contributed by atoms with Crippen LogP contribution in [0.5, 0.6) is 0 Å². The molecule has 0 heterocycles. The summed E-state index contributed by atoms with van der Waals surface area (Å²) < 4.78 is 31.6. The van der Waals surface area contributed by atoms with Gasteiger partial charge in [-0.2, -0.15) is 8.42 Å². The summed E-state index contributed by atoms with van der Waals surface area (Å²) in [6.45, 7) is 0. The smallest absolute Gasteiger partial charge is 0.394 e. The molecule has 0 aliphatic heterocycles. The number of nitro groups is 2. The summed E-state index contributed by atoms with van der Waals surface area (Å²) in [6, 6.07) is 1.34. The van der Waals surface area contributed by atoms with Gasteiger partial charge in [0.25, 0.3) is 11.4 Å². The summed E-state index contributed by atoms with van der Waals surface area (Å²) in [5.41, 5.74) is 2.35. The highest BCUT2D eigenvalue weighted by Crippen LogP contribution is 2.32. The van der Waals surface area contributed by atoms with Gasteiger partial charge in [-0.1, -0.05) is 0 Å². The quantitative estimate of drug-likeness (QED) is 0.252. The van der Waals surface area contributed by atoms with Crippen molar-refractivity contribution in [3.63, 3.8) is 0 Å². The highest BCUT2D eigenvalue weighted by atomic mass is 32.3. The number of nitrogens with zero attached hydrogens (tertiary/aromatic N) is 2. The highest BCUT2D eigenvalue weighted by Gasteiger charge is 2.26. The van der Waals surface area contributed by atoms with Crippen LogP contribution in [0.3, 0.4) is 0 Å². The minimum Gasteiger partial charge on any atom is -0.478 e. The van der Waals surface area contributed by atoms with Crippen LogP contribution in [-0.4, -0.2) is 38.4 Å². The second-order valence-corrected chi connectivity index (χ2v) is 4.09. The molecule has 116 valence electrons. The van der Waals surface area contributed by atoms with Crippen LogP contribution in [0.1, 0.15) is 10.4 Å². The topological polar surface area (TPSA) is 224 Å². The summed E-state index contributed by atoms with van der Waals surface area (Å²) >= 11 is 0. The Morgan fingerprint density at radius 2 is 1.38 bits per heavy atom. The zero-order chi connectivity index (χ0) is 17.0. The fraction of sp³-hybridized carbons (Fsp3) is 0. The third-order valence-corrected chi connectivity index (χ3v) is 1.78. The maximum absolute atomic E-state index is 10.6. The molecule has 0 unspecified atom stereocenters. The molecule has 0 atom stereocenters. The van der Waals surface area contributed by atoms with Crippen molar-refractivity contribution in [3.8, 4) is 0 Å². The molecule has 0 aliphatic carbocycles. The largest absolute Gasteiger partial charge is 0.478 e. The second kappa shape index (κ2) is 6.55. The van der Waals surface area contributed by atoms with Gasteiger partial charge in [0.05, 0.1) is 15.4 Å². The molecule has 0 saturated heterocycles. The molecule has 1 aromatic carbocycles. The van der Waals surface area contributed by atoms with E-state index in [4.69, 9.17) is 28.4 Å². The first-order chi connectivity index (χ1) is 9.34. The Labute approximate surface area is 115 Å². The minimum atomic E-state index is -4.67. The molecule has 0 fully saturated rings. The summed E-state index contributed by atoms with van der Waals surface area (Å²) in [6.07, 6.45) is 0. The fourth-order valence-electron chi connectivity index (χ4n) is 1.05. The highest BCUT2D eigenvalue weighted by molar-refractivity contribution is 7.79. The maximum atomic E-state index is 10.6. The molecule has 0 amide bonds. The van der Waals surface area contributed by atoms with E-state index < -0.39 is 48.8 Å². The van der Waals surface area contributed by atoms with Gasteiger partial charge in [0, 0.05) is 12.1 Å². The van der Waals surface area contributed by atoms with Crippen molar-refractivity contribution >= 4 is 33.4 Å². The molecule has 0 bridgehead atoms. The van der Waals surface area contributed by atoms with Gasteiger partial charge in [0.15, 0.2) is 5.69 Å². The first-order valence-corrected chi connectivity index (χ1v) is 5.89. The van der Waals surface area contributed by atoms with E-state index in [-0.39, 0.29) is 0 Å². The average Bonchev–Trinajstić information content (AvgIpc) is 2.25. The zero-order valence-corrected chi connectivity index (χ0v) is 10.6. The van der Waals surface area contributed by atoms with Gasteiger partial charge >= 0.3 is 16.4 Å². The number of nitro benzene ring substituents is 2. The van der Waals surface area contributed by atoms with Gasteiger partial charge < -0.3 is 10.8 Å². The number of hydrogen-bond acceptors (Lipinski definition) is 8. The molecular weight excluding hydrogens is 318 g/mol. The van der Waals surface area contributed by atoms with Crippen LogP contribution in [0.25, 0.3) is 0 Å². The van der Waals surface area contributed by atoms with E-state index in [1.54, 1.807) is 0 Å². The predicted molar refractivity (Wildman–Crippen MR) is 65.3 cm³/mol. The van der Waals surface area contributed by atoms with Crippen LogP contribution < -0.4 is 5.73 Å². The van der Waals surface area contributed by atoms with Crippen molar-refractivity contribution in [2.75, 3.05) is 5.73 Å². The molecule has 0 saturated carbocycles. The lowest BCUT2D eigenvalue weighted by molar-refractivity contribution is -0.392. The van der Waals surface area contributed by atoms with E-state index >= 15 is 0 Å². The van der Waals surface area contributed by atoms with Crippen LogP contribution in [0.2, 0.25) is 0 Å². The first-order valence-electron chi connectivity index (χ1n) is 4.50. The number of rotatable bonds is 3. The molecule has 0 aliphatic rings. The molecule has 1 rings (SSSR count).